The third kappa shape index (κ3) is 6.32. The molecule has 1 N–H and O–H groups in total. The normalized spacial score (nSPS) is 10.8. The zero-order chi connectivity index (χ0) is 14.3. The molecule has 0 unspecified atom stereocenters. The molecular weight excluding hydrogens is 282 g/mol. The number of rotatable bonds is 7. The molecule has 0 aliphatic heterocycles. The first-order valence-corrected chi connectivity index (χ1v) is 7.58. The summed E-state index contributed by atoms with van der Waals surface area (Å²) in [6.45, 7) is 6.13. The molecule has 3 nitrogen and oxygen atoms in total. The van der Waals surface area contributed by atoms with E-state index < -0.39 is 0 Å². The Hall–Kier alpha value is -0.710. The van der Waals surface area contributed by atoms with Crippen LogP contribution in [-0.4, -0.2) is 25.4 Å². The number of halogens is 1. The summed E-state index contributed by atoms with van der Waals surface area (Å²) in [5.41, 5.74) is 1.15. The van der Waals surface area contributed by atoms with E-state index in [2.05, 4.69) is 23.9 Å². The molecule has 0 aromatic heterocycles. The largest absolute Gasteiger partial charge is 0.468 e. The highest BCUT2D eigenvalue weighted by molar-refractivity contribution is 8.00. The molecule has 0 heterocycles. The molecule has 5 heteroatoms. The molecule has 0 bridgehead atoms. The average Bonchev–Trinajstić information content (AvgIpc) is 2.37. The number of carbonyl (C=O) groups is 1. The number of nitrogens with one attached hydrogen (secondary N) is 1. The van der Waals surface area contributed by atoms with E-state index in [1.54, 1.807) is 0 Å². The van der Waals surface area contributed by atoms with E-state index in [1.165, 1.54) is 18.9 Å². The van der Waals surface area contributed by atoms with E-state index in [0.29, 0.717) is 10.9 Å². The number of benzene rings is 1. The fourth-order valence-electron chi connectivity index (χ4n) is 1.47. The standard InChI is InChI=1S/C14H20ClNO2S/c1-10(2)7-16-8-11-4-5-13(12(15)6-11)19-9-14(17)18-3/h4-6,10,16H,7-9H2,1-3H3. The summed E-state index contributed by atoms with van der Waals surface area (Å²) in [5.74, 6) is 0.662. The second kappa shape index (κ2) is 8.46. The van der Waals surface area contributed by atoms with Gasteiger partial charge in [0.1, 0.15) is 0 Å². The summed E-state index contributed by atoms with van der Waals surface area (Å²) < 4.78 is 4.60. The predicted molar refractivity (Wildman–Crippen MR) is 80.7 cm³/mol. The number of ether oxygens (including phenoxy) is 1. The number of methoxy groups -OCH3 is 1. The highest BCUT2D eigenvalue weighted by Crippen LogP contribution is 2.28. The fraction of sp³-hybridized carbons (Fsp3) is 0.500. The molecule has 0 saturated carbocycles. The Morgan fingerprint density at radius 3 is 2.79 bits per heavy atom. The van der Waals surface area contributed by atoms with Gasteiger partial charge in [-0.05, 0) is 30.2 Å². The van der Waals surface area contributed by atoms with Crippen LogP contribution >= 0.6 is 23.4 Å². The van der Waals surface area contributed by atoms with Gasteiger partial charge in [-0.3, -0.25) is 4.79 Å². The highest BCUT2D eigenvalue weighted by atomic mass is 35.5. The summed E-state index contributed by atoms with van der Waals surface area (Å²) in [4.78, 5) is 12.0. The number of carbonyl (C=O) groups excluding carboxylic acids is 1. The van der Waals surface area contributed by atoms with Gasteiger partial charge in [-0.1, -0.05) is 31.5 Å². The van der Waals surface area contributed by atoms with E-state index in [1.807, 2.05) is 18.2 Å². The number of hydrogen-bond acceptors (Lipinski definition) is 4. The molecule has 0 radical (unpaired) electrons. The Balaban J connectivity index is 2.51. The van der Waals surface area contributed by atoms with Gasteiger partial charge in [0, 0.05) is 11.4 Å². The van der Waals surface area contributed by atoms with Crippen molar-refractivity contribution >= 4 is 29.3 Å². The second-order valence-electron chi connectivity index (χ2n) is 4.65. The van der Waals surface area contributed by atoms with Crippen LogP contribution in [0.1, 0.15) is 19.4 Å². The van der Waals surface area contributed by atoms with Crippen molar-refractivity contribution in [1.29, 1.82) is 0 Å². The fourth-order valence-corrected chi connectivity index (χ4v) is 2.59. The molecule has 1 aromatic rings. The molecule has 19 heavy (non-hydrogen) atoms. The summed E-state index contributed by atoms with van der Waals surface area (Å²) >= 11 is 7.59. The van der Waals surface area contributed by atoms with E-state index in [-0.39, 0.29) is 11.7 Å². The Labute approximate surface area is 124 Å². The molecule has 1 aromatic carbocycles. The van der Waals surface area contributed by atoms with Crippen molar-refractivity contribution in [3.63, 3.8) is 0 Å². The van der Waals surface area contributed by atoms with Crippen LogP contribution in [0.15, 0.2) is 23.1 Å². The smallest absolute Gasteiger partial charge is 0.315 e. The maximum absolute atomic E-state index is 11.1. The third-order valence-corrected chi connectivity index (χ3v) is 3.92. The first kappa shape index (κ1) is 16.3. The summed E-state index contributed by atoms with van der Waals surface area (Å²) in [7, 11) is 1.38. The molecule has 0 atom stereocenters. The van der Waals surface area contributed by atoms with E-state index >= 15 is 0 Å². The van der Waals surface area contributed by atoms with Crippen LogP contribution in [-0.2, 0) is 16.1 Å². The van der Waals surface area contributed by atoms with Crippen LogP contribution in [0, 0.1) is 5.92 Å². The average molecular weight is 302 g/mol. The monoisotopic (exact) mass is 301 g/mol. The van der Waals surface area contributed by atoms with E-state index in [9.17, 15) is 4.79 Å². The molecule has 0 fully saturated rings. The SMILES string of the molecule is COC(=O)CSc1ccc(CNCC(C)C)cc1Cl. The van der Waals surface area contributed by atoms with Crippen LogP contribution < -0.4 is 5.32 Å². The lowest BCUT2D eigenvalue weighted by Gasteiger charge is -2.09. The Morgan fingerprint density at radius 2 is 2.21 bits per heavy atom. The molecule has 0 aliphatic rings. The van der Waals surface area contributed by atoms with Crippen LogP contribution in [0.4, 0.5) is 0 Å². The molecule has 1 rings (SSSR count). The molecular formula is C14H20ClNO2S. The number of esters is 1. The summed E-state index contributed by atoms with van der Waals surface area (Å²) in [5, 5.41) is 4.05. The zero-order valence-electron chi connectivity index (χ0n) is 11.5. The van der Waals surface area contributed by atoms with Crippen LogP contribution in [0.5, 0.6) is 0 Å². The second-order valence-corrected chi connectivity index (χ2v) is 6.08. The van der Waals surface area contributed by atoms with Gasteiger partial charge < -0.3 is 10.1 Å². The molecule has 0 amide bonds. The van der Waals surface area contributed by atoms with Crippen molar-refractivity contribution in [2.24, 2.45) is 5.92 Å². The van der Waals surface area contributed by atoms with Gasteiger partial charge in [0.2, 0.25) is 0 Å². The maximum atomic E-state index is 11.1. The lowest BCUT2D eigenvalue weighted by Crippen LogP contribution is -2.18. The summed E-state index contributed by atoms with van der Waals surface area (Å²) in [6, 6.07) is 5.91. The quantitative estimate of drug-likeness (QED) is 0.619. The van der Waals surface area contributed by atoms with Gasteiger partial charge in [0.25, 0.3) is 0 Å². The van der Waals surface area contributed by atoms with Crippen LogP contribution in [0.3, 0.4) is 0 Å². The van der Waals surface area contributed by atoms with Crippen molar-refractivity contribution in [3.05, 3.63) is 28.8 Å². The Kier molecular flexibility index (Phi) is 7.28. The van der Waals surface area contributed by atoms with Crippen molar-refractivity contribution in [2.45, 2.75) is 25.3 Å². The van der Waals surface area contributed by atoms with Crippen molar-refractivity contribution in [3.8, 4) is 0 Å². The third-order valence-electron chi connectivity index (χ3n) is 2.45. The van der Waals surface area contributed by atoms with Gasteiger partial charge in [0.15, 0.2) is 0 Å². The van der Waals surface area contributed by atoms with Crippen molar-refractivity contribution < 1.29 is 9.53 Å². The van der Waals surface area contributed by atoms with Gasteiger partial charge in [-0.2, -0.15) is 0 Å². The molecule has 0 saturated heterocycles. The van der Waals surface area contributed by atoms with Crippen LogP contribution in [0.25, 0.3) is 0 Å². The first-order chi connectivity index (χ1) is 9.02. The van der Waals surface area contributed by atoms with Gasteiger partial charge in [0.05, 0.1) is 17.9 Å². The predicted octanol–water partition coefficient (Wildman–Crippen LogP) is 3.35. The van der Waals surface area contributed by atoms with Crippen LogP contribution in [0.2, 0.25) is 5.02 Å². The van der Waals surface area contributed by atoms with E-state index in [0.717, 1.165) is 23.5 Å². The van der Waals surface area contributed by atoms with E-state index in [4.69, 9.17) is 11.6 Å². The number of hydrogen-bond donors (Lipinski definition) is 1. The molecule has 0 aliphatic carbocycles. The minimum atomic E-state index is -0.247. The van der Waals surface area contributed by atoms with Crippen molar-refractivity contribution in [2.75, 3.05) is 19.4 Å². The number of thioether (sulfide) groups is 1. The minimum Gasteiger partial charge on any atom is -0.468 e. The zero-order valence-corrected chi connectivity index (χ0v) is 13.1. The molecule has 106 valence electrons. The van der Waals surface area contributed by atoms with Gasteiger partial charge >= 0.3 is 5.97 Å². The molecule has 0 spiro atoms. The highest BCUT2D eigenvalue weighted by Gasteiger charge is 2.06. The van der Waals surface area contributed by atoms with Gasteiger partial charge in [-0.25, -0.2) is 0 Å². The summed E-state index contributed by atoms with van der Waals surface area (Å²) in [6.07, 6.45) is 0. The Bertz CT molecular complexity index is 424. The maximum Gasteiger partial charge on any atom is 0.315 e. The lowest BCUT2D eigenvalue weighted by atomic mass is 10.2. The lowest BCUT2D eigenvalue weighted by molar-refractivity contribution is -0.137. The minimum absolute atomic E-state index is 0.247. The van der Waals surface area contributed by atoms with Crippen molar-refractivity contribution in [1.82, 2.24) is 5.32 Å². The Morgan fingerprint density at radius 1 is 1.47 bits per heavy atom. The topological polar surface area (TPSA) is 38.3 Å². The first-order valence-electron chi connectivity index (χ1n) is 6.21. The van der Waals surface area contributed by atoms with Gasteiger partial charge in [-0.15, -0.1) is 11.8 Å².